The first-order valence-corrected chi connectivity index (χ1v) is 9.67. The van der Waals surface area contributed by atoms with Gasteiger partial charge in [-0.2, -0.15) is 0 Å². The second-order valence-corrected chi connectivity index (χ2v) is 6.54. The average Bonchev–Trinajstić information content (AvgIpc) is 2.75. The van der Waals surface area contributed by atoms with E-state index in [2.05, 4.69) is 20.9 Å². The lowest BCUT2D eigenvalue weighted by Gasteiger charge is -2.16. The van der Waals surface area contributed by atoms with Gasteiger partial charge in [0.2, 0.25) is 0 Å². The molecule has 0 radical (unpaired) electrons. The fraction of sp³-hybridized carbons (Fsp3) is 0.381. The van der Waals surface area contributed by atoms with Crippen molar-refractivity contribution in [3.05, 3.63) is 63.7 Å². The number of methoxy groups -OCH3 is 1. The van der Waals surface area contributed by atoms with Crippen molar-refractivity contribution in [3.63, 3.8) is 0 Å². The molecule has 0 fully saturated rings. The van der Waals surface area contributed by atoms with Gasteiger partial charge in [-0.1, -0.05) is 12.1 Å². The number of nitrogens with zero attached hydrogens (tertiary/aromatic N) is 2. The van der Waals surface area contributed by atoms with Gasteiger partial charge in [-0.25, -0.2) is 0 Å². The SMILES string of the molecule is CN=C(NCCNc1ccc([N+](=O)[O-])cc1)NCc1ccc(C)cc1OCCOC.I. The zero-order valence-electron chi connectivity index (χ0n) is 18.0. The Bertz CT molecular complexity index is 846. The van der Waals surface area contributed by atoms with Crippen molar-refractivity contribution < 1.29 is 14.4 Å². The molecule has 0 spiro atoms. The largest absolute Gasteiger partial charge is 0.491 e. The zero-order valence-corrected chi connectivity index (χ0v) is 20.3. The number of benzene rings is 2. The van der Waals surface area contributed by atoms with E-state index in [0.29, 0.717) is 38.8 Å². The van der Waals surface area contributed by atoms with Gasteiger partial charge in [0.1, 0.15) is 12.4 Å². The molecule has 10 heteroatoms. The van der Waals surface area contributed by atoms with Crippen LogP contribution in [-0.4, -0.2) is 51.3 Å². The molecular weight excluding hydrogens is 513 g/mol. The van der Waals surface area contributed by atoms with Crippen LogP contribution in [0.5, 0.6) is 5.75 Å². The van der Waals surface area contributed by atoms with Crippen LogP contribution < -0.4 is 20.7 Å². The second-order valence-electron chi connectivity index (χ2n) is 6.54. The minimum absolute atomic E-state index is 0. The molecule has 0 aliphatic carbocycles. The number of nitro groups is 1. The Morgan fingerprint density at radius 2 is 1.84 bits per heavy atom. The summed E-state index contributed by atoms with van der Waals surface area (Å²) >= 11 is 0. The van der Waals surface area contributed by atoms with E-state index in [1.54, 1.807) is 26.3 Å². The minimum Gasteiger partial charge on any atom is -0.491 e. The Morgan fingerprint density at radius 1 is 1.10 bits per heavy atom. The lowest BCUT2D eigenvalue weighted by atomic mass is 10.1. The van der Waals surface area contributed by atoms with Crippen molar-refractivity contribution in [2.24, 2.45) is 4.99 Å². The predicted molar refractivity (Wildman–Crippen MR) is 134 cm³/mol. The lowest BCUT2D eigenvalue weighted by Crippen LogP contribution is -2.39. The predicted octanol–water partition coefficient (Wildman–Crippen LogP) is 3.32. The molecule has 3 N–H and O–H groups in total. The third kappa shape index (κ3) is 9.39. The summed E-state index contributed by atoms with van der Waals surface area (Å²) in [6, 6.07) is 12.4. The van der Waals surface area contributed by atoms with E-state index in [1.807, 2.05) is 25.1 Å². The summed E-state index contributed by atoms with van der Waals surface area (Å²) in [5.41, 5.74) is 3.06. The van der Waals surface area contributed by atoms with Gasteiger partial charge >= 0.3 is 0 Å². The summed E-state index contributed by atoms with van der Waals surface area (Å²) in [6.45, 7) is 4.88. The molecule has 0 aliphatic heterocycles. The number of nitrogens with one attached hydrogen (secondary N) is 3. The zero-order chi connectivity index (χ0) is 21.8. The van der Waals surface area contributed by atoms with Crippen LogP contribution in [0.15, 0.2) is 47.5 Å². The van der Waals surface area contributed by atoms with Crippen molar-refractivity contribution in [2.75, 3.05) is 45.8 Å². The van der Waals surface area contributed by atoms with E-state index in [9.17, 15) is 10.1 Å². The number of ether oxygens (including phenoxy) is 2. The van der Waals surface area contributed by atoms with E-state index >= 15 is 0 Å². The van der Waals surface area contributed by atoms with Crippen LogP contribution in [-0.2, 0) is 11.3 Å². The molecule has 0 aromatic heterocycles. The fourth-order valence-corrected chi connectivity index (χ4v) is 2.67. The molecule has 0 unspecified atom stereocenters. The standard InChI is InChI=1S/C21H29N5O4.HI/c1-16-4-5-17(20(14-16)30-13-12-29-3)15-25-21(22-2)24-11-10-23-18-6-8-19(9-7-18)26(27)28;/h4-9,14,23H,10-13,15H2,1-3H3,(H2,22,24,25);1H. The minimum atomic E-state index is -0.414. The molecule has 2 aromatic rings. The summed E-state index contributed by atoms with van der Waals surface area (Å²) in [5, 5.41) is 20.4. The highest BCUT2D eigenvalue weighted by molar-refractivity contribution is 14.0. The highest BCUT2D eigenvalue weighted by Crippen LogP contribution is 2.20. The maximum Gasteiger partial charge on any atom is 0.269 e. The molecule has 0 bridgehead atoms. The monoisotopic (exact) mass is 543 g/mol. The molecule has 0 amide bonds. The molecule has 2 rings (SSSR count). The summed E-state index contributed by atoms with van der Waals surface area (Å²) in [6.07, 6.45) is 0. The fourth-order valence-electron chi connectivity index (χ4n) is 2.67. The first kappa shape index (κ1) is 26.4. The second kappa shape index (κ2) is 14.4. The number of non-ortho nitro benzene ring substituents is 1. The molecule has 170 valence electrons. The Morgan fingerprint density at radius 3 is 2.48 bits per heavy atom. The van der Waals surface area contributed by atoms with Gasteiger partial charge in [-0.3, -0.25) is 15.1 Å². The number of aryl methyl sites for hydroxylation is 1. The normalized spacial score (nSPS) is 10.7. The van der Waals surface area contributed by atoms with E-state index in [1.165, 1.54) is 12.1 Å². The van der Waals surface area contributed by atoms with Crippen LogP contribution in [0.4, 0.5) is 11.4 Å². The number of hydrogen-bond donors (Lipinski definition) is 3. The van der Waals surface area contributed by atoms with Gasteiger partial charge in [0.15, 0.2) is 5.96 Å². The number of guanidine groups is 1. The first-order valence-electron chi connectivity index (χ1n) is 9.67. The van der Waals surface area contributed by atoms with Crippen molar-refractivity contribution in [1.82, 2.24) is 10.6 Å². The van der Waals surface area contributed by atoms with Crippen molar-refractivity contribution in [1.29, 1.82) is 0 Å². The van der Waals surface area contributed by atoms with E-state index in [4.69, 9.17) is 9.47 Å². The van der Waals surface area contributed by atoms with Crippen LogP contribution in [0.25, 0.3) is 0 Å². The number of hydrogen-bond acceptors (Lipinski definition) is 6. The number of anilines is 1. The Kier molecular flexibility index (Phi) is 12.3. The van der Waals surface area contributed by atoms with Crippen LogP contribution in [0.2, 0.25) is 0 Å². The highest BCUT2D eigenvalue weighted by atomic mass is 127. The van der Waals surface area contributed by atoms with Crippen molar-refractivity contribution in [3.8, 4) is 5.75 Å². The molecule has 31 heavy (non-hydrogen) atoms. The third-order valence-electron chi connectivity index (χ3n) is 4.26. The number of aliphatic imine (C=N–C) groups is 1. The molecule has 0 aliphatic rings. The highest BCUT2D eigenvalue weighted by Gasteiger charge is 2.06. The van der Waals surface area contributed by atoms with Gasteiger partial charge in [0.05, 0.1) is 11.5 Å². The van der Waals surface area contributed by atoms with E-state index < -0.39 is 4.92 Å². The smallest absolute Gasteiger partial charge is 0.269 e. The van der Waals surface area contributed by atoms with Gasteiger partial charge in [-0.05, 0) is 30.7 Å². The van der Waals surface area contributed by atoms with Gasteiger partial charge in [0, 0.05) is 57.2 Å². The van der Waals surface area contributed by atoms with Gasteiger partial charge in [0.25, 0.3) is 5.69 Å². The van der Waals surface area contributed by atoms with Crippen molar-refractivity contribution >= 4 is 41.3 Å². The first-order chi connectivity index (χ1) is 14.5. The van der Waals surface area contributed by atoms with Crippen LogP contribution >= 0.6 is 24.0 Å². The molecule has 9 nitrogen and oxygen atoms in total. The van der Waals surface area contributed by atoms with Crippen molar-refractivity contribution in [2.45, 2.75) is 13.5 Å². The summed E-state index contributed by atoms with van der Waals surface area (Å²) < 4.78 is 10.9. The van der Waals surface area contributed by atoms with E-state index in [0.717, 1.165) is 22.6 Å². The quantitative estimate of drug-likeness (QED) is 0.0997. The molecule has 0 atom stereocenters. The maximum absolute atomic E-state index is 10.7. The Hall–Kier alpha value is -2.60. The van der Waals surface area contributed by atoms with Gasteiger partial charge in [-0.15, -0.1) is 24.0 Å². The molecule has 0 saturated heterocycles. The number of rotatable bonds is 11. The maximum atomic E-state index is 10.7. The Balaban J connectivity index is 0.00000480. The molecule has 0 heterocycles. The molecular formula is C21H30IN5O4. The summed E-state index contributed by atoms with van der Waals surface area (Å²) in [7, 11) is 3.36. The number of nitro benzene ring substituents is 1. The van der Waals surface area contributed by atoms with Crippen LogP contribution in [0.1, 0.15) is 11.1 Å². The average molecular weight is 543 g/mol. The van der Waals surface area contributed by atoms with Gasteiger partial charge < -0.3 is 25.4 Å². The molecule has 0 saturated carbocycles. The topological polar surface area (TPSA) is 110 Å². The Labute approximate surface area is 199 Å². The molecule has 2 aromatic carbocycles. The number of halogens is 1. The summed E-state index contributed by atoms with van der Waals surface area (Å²) in [4.78, 5) is 14.5. The van der Waals surface area contributed by atoms with E-state index in [-0.39, 0.29) is 29.7 Å². The third-order valence-corrected chi connectivity index (χ3v) is 4.26. The lowest BCUT2D eigenvalue weighted by molar-refractivity contribution is -0.384. The van der Waals surface area contributed by atoms with Crippen LogP contribution in [0.3, 0.4) is 0 Å². The van der Waals surface area contributed by atoms with Crippen LogP contribution in [0, 0.1) is 17.0 Å². The summed E-state index contributed by atoms with van der Waals surface area (Å²) in [5.74, 6) is 1.50.